The van der Waals surface area contributed by atoms with Crippen molar-refractivity contribution in [3.63, 3.8) is 0 Å². The molecule has 3 N–H and O–H groups in total. The molecule has 0 radical (unpaired) electrons. The fourth-order valence-corrected chi connectivity index (χ4v) is 4.22. The summed E-state index contributed by atoms with van der Waals surface area (Å²) in [6.45, 7) is 8.90. The van der Waals surface area contributed by atoms with Crippen LogP contribution in [-0.2, 0) is 20.8 Å². The molecule has 0 saturated carbocycles. The minimum Gasteiger partial charge on any atom is -0.446 e. The van der Waals surface area contributed by atoms with Crippen LogP contribution in [0.4, 0.5) is 19.8 Å². The van der Waals surface area contributed by atoms with Crippen LogP contribution in [0, 0.1) is 13.0 Å². The van der Waals surface area contributed by atoms with Gasteiger partial charge in [-0.2, -0.15) is 14.4 Å². The van der Waals surface area contributed by atoms with Crippen LogP contribution in [0.15, 0.2) is 20.0 Å². The van der Waals surface area contributed by atoms with E-state index in [1.165, 1.54) is 10.9 Å². The molecule has 230 valence electrons. The molecule has 3 atom stereocenters. The Morgan fingerprint density at radius 3 is 2.69 bits per heavy atom. The summed E-state index contributed by atoms with van der Waals surface area (Å²) >= 11 is 0. The number of aliphatic hydroxyl groups excluding tert-OH is 1. The lowest BCUT2D eigenvalue weighted by Crippen LogP contribution is -2.43. The SMILES string of the molecule is Cc1oc(=O)oc1CN(C)CCNC(=O)OC[C@@]1(C)O[C@@H](n2cnc3c(NC(=O)OC(C)(C)C)nc(F)nc32)C[C@@H]1O. The van der Waals surface area contributed by atoms with Crippen LogP contribution in [0.3, 0.4) is 0 Å². The maximum atomic E-state index is 14.3. The lowest BCUT2D eigenvalue weighted by molar-refractivity contribution is -0.116. The molecular formula is C25H34FN7O9. The van der Waals surface area contributed by atoms with E-state index in [1.54, 1.807) is 41.7 Å². The van der Waals surface area contributed by atoms with E-state index in [4.69, 9.17) is 23.0 Å². The third kappa shape index (κ3) is 7.40. The predicted molar refractivity (Wildman–Crippen MR) is 142 cm³/mol. The molecule has 0 aliphatic carbocycles. The molecule has 1 aliphatic heterocycles. The van der Waals surface area contributed by atoms with Crippen molar-refractivity contribution in [3.05, 3.63) is 34.5 Å². The Hall–Kier alpha value is -4.09. The molecule has 1 aliphatic rings. The molecule has 0 aromatic carbocycles. The molecule has 17 heteroatoms. The van der Waals surface area contributed by atoms with Crippen molar-refractivity contribution in [2.75, 3.05) is 32.1 Å². The highest BCUT2D eigenvalue weighted by molar-refractivity contribution is 5.93. The third-order valence-electron chi connectivity index (χ3n) is 6.36. The van der Waals surface area contributed by atoms with Crippen molar-refractivity contribution in [2.45, 2.75) is 71.1 Å². The number of aromatic nitrogens is 4. The summed E-state index contributed by atoms with van der Waals surface area (Å²) in [4.78, 5) is 49.1. The first-order chi connectivity index (χ1) is 19.6. The molecule has 4 heterocycles. The van der Waals surface area contributed by atoms with Crippen LogP contribution in [0.2, 0.25) is 0 Å². The summed E-state index contributed by atoms with van der Waals surface area (Å²) in [5.74, 6) is -0.177. The number of carbonyl (C=O) groups excluding carboxylic acids is 2. The number of amides is 2. The molecule has 4 rings (SSSR count). The molecule has 3 aromatic heterocycles. The number of imidazole rings is 1. The number of hydrogen-bond acceptors (Lipinski definition) is 13. The molecule has 16 nitrogen and oxygen atoms in total. The van der Waals surface area contributed by atoms with Gasteiger partial charge in [-0.15, -0.1) is 0 Å². The number of hydrogen-bond donors (Lipinski definition) is 3. The fourth-order valence-electron chi connectivity index (χ4n) is 4.22. The number of fused-ring (bicyclic) bond motifs is 1. The van der Waals surface area contributed by atoms with Gasteiger partial charge in [0.25, 0.3) is 0 Å². The quantitative estimate of drug-likeness (QED) is 0.304. The van der Waals surface area contributed by atoms with Gasteiger partial charge < -0.3 is 33.5 Å². The van der Waals surface area contributed by atoms with E-state index in [0.717, 1.165) is 0 Å². The van der Waals surface area contributed by atoms with Crippen LogP contribution in [0.1, 0.15) is 51.9 Å². The number of likely N-dealkylation sites (N-methyl/N-ethyl adjacent to an activating group) is 1. The van der Waals surface area contributed by atoms with Crippen molar-refractivity contribution < 1.29 is 42.1 Å². The zero-order valence-electron chi connectivity index (χ0n) is 24.1. The Labute approximate surface area is 239 Å². The van der Waals surface area contributed by atoms with Crippen molar-refractivity contribution in [1.29, 1.82) is 0 Å². The van der Waals surface area contributed by atoms with Gasteiger partial charge in [0, 0.05) is 19.5 Å². The number of carbonyl (C=O) groups is 2. The Morgan fingerprint density at radius 2 is 2.02 bits per heavy atom. The highest BCUT2D eigenvalue weighted by Gasteiger charge is 2.46. The molecule has 42 heavy (non-hydrogen) atoms. The number of anilines is 1. The van der Waals surface area contributed by atoms with E-state index in [9.17, 15) is 23.9 Å². The summed E-state index contributed by atoms with van der Waals surface area (Å²) in [5, 5.41) is 15.7. The van der Waals surface area contributed by atoms with Gasteiger partial charge >= 0.3 is 24.1 Å². The predicted octanol–water partition coefficient (Wildman–Crippen LogP) is 2.06. The van der Waals surface area contributed by atoms with Crippen molar-refractivity contribution in [1.82, 2.24) is 29.7 Å². The second-order valence-corrected chi connectivity index (χ2v) is 11.1. The van der Waals surface area contributed by atoms with E-state index in [2.05, 4.69) is 25.6 Å². The topological polar surface area (TPSA) is 196 Å². The van der Waals surface area contributed by atoms with Gasteiger partial charge in [0.05, 0.1) is 19.0 Å². The average Bonchev–Trinajstić information content (AvgIpc) is 3.51. The summed E-state index contributed by atoms with van der Waals surface area (Å²) < 4.78 is 42.0. The smallest absolute Gasteiger partial charge is 0.446 e. The van der Waals surface area contributed by atoms with Gasteiger partial charge in [-0.3, -0.25) is 14.8 Å². The number of halogens is 1. The molecule has 1 saturated heterocycles. The number of ether oxygens (including phenoxy) is 3. The van der Waals surface area contributed by atoms with Crippen LogP contribution in [-0.4, -0.2) is 85.8 Å². The second kappa shape index (κ2) is 12.0. The Morgan fingerprint density at radius 1 is 1.29 bits per heavy atom. The van der Waals surface area contributed by atoms with Gasteiger partial charge in [-0.25, -0.2) is 19.4 Å². The first kappa shape index (κ1) is 30.9. The summed E-state index contributed by atoms with van der Waals surface area (Å²) in [6.07, 6.45) is -3.21. The molecule has 1 fully saturated rings. The molecule has 0 spiro atoms. The first-order valence-corrected chi connectivity index (χ1v) is 13.1. The van der Waals surface area contributed by atoms with Crippen LogP contribution in [0.25, 0.3) is 11.2 Å². The van der Waals surface area contributed by atoms with Crippen molar-refractivity contribution in [2.24, 2.45) is 0 Å². The van der Waals surface area contributed by atoms with E-state index in [1.807, 2.05) is 4.90 Å². The van der Waals surface area contributed by atoms with E-state index < -0.39 is 47.6 Å². The molecule has 3 aromatic rings. The Balaban J connectivity index is 1.33. The minimum absolute atomic E-state index is 0.0164. The van der Waals surface area contributed by atoms with Gasteiger partial charge in [0.1, 0.15) is 29.8 Å². The number of nitrogens with zero attached hydrogens (tertiary/aromatic N) is 5. The van der Waals surface area contributed by atoms with Crippen molar-refractivity contribution in [3.8, 4) is 0 Å². The summed E-state index contributed by atoms with van der Waals surface area (Å²) in [6, 6.07) is 0. The average molecular weight is 596 g/mol. The largest absolute Gasteiger partial charge is 0.519 e. The maximum Gasteiger partial charge on any atom is 0.519 e. The number of aliphatic hydroxyl groups is 1. The number of aryl methyl sites for hydroxylation is 1. The van der Waals surface area contributed by atoms with Crippen LogP contribution < -0.4 is 16.5 Å². The minimum atomic E-state index is -1.30. The highest BCUT2D eigenvalue weighted by Crippen LogP contribution is 2.38. The number of alkyl carbamates (subject to hydrolysis) is 1. The summed E-state index contributed by atoms with van der Waals surface area (Å²) in [7, 11) is 1.77. The Kier molecular flexibility index (Phi) is 8.84. The highest BCUT2D eigenvalue weighted by atomic mass is 19.1. The lowest BCUT2D eigenvalue weighted by atomic mass is 10.0. The van der Waals surface area contributed by atoms with Crippen LogP contribution in [0.5, 0.6) is 0 Å². The summed E-state index contributed by atoms with van der Waals surface area (Å²) in [5.41, 5.74) is -1.99. The lowest BCUT2D eigenvalue weighted by Gasteiger charge is -2.27. The van der Waals surface area contributed by atoms with E-state index in [-0.39, 0.29) is 36.6 Å². The second-order valence-electron chi connectivity index (χ2n) is 11.1. The molecule has 2 amide bonds. The van der Waals surface area contributed by atoms with Gasteiger partial charge in [-0.1, -0.05) is 0 Å². The van der Waals surface area contributed by atoms with E-state index in [0.29, 0.717) is 24.6 Å². The van der Waals surface area contributed by atoms with Crippen LogP contribution >= 0.6 is 0 Å². The Bertz CT molecular complexity index is 1500. The molecule has 0 unspecified atom stereocenters. The third-order valence-corrected chi connectivity index (χ3v) is 6.36. The normalized spacial score (nSPS) is 20.7. The monoisotopic (exact) mass is 595 g/mol. The molecular weight excluding hydrogens is 561 g/mol. The van der Waals surface area contributed by atoms with Gasteiger partial charge in [-0.05, 0) is 41.7 Å². The van der Waals surface area contributed by atoms with Gasteiger partial charge in [0.2, 0.25) is 0 Å². The maximum absolute atomic E-state index is 14.3. The zero-order valence-corrected chi connectivity index (χ0v) is 24.1. The number of nitrogens with one attached hydrogen (secondary N) is 2. The van der Waals surface area contributed by atoms with Crippen molar-refractivity contribution >= 4 is 29.2 Å². The molecule has 0 bridgehead atoms. The van der Waals surface area contributed by atoms with E-state index >= 15 is 0 Å². The first-order valence-electron chi connectivity index (χ1n) is 13.1. The zero-order chi connectivity index (χ0) is 30.8. The fraction of sp³-hybridized carbons (Fsp3) is 0.600. The number of rotatable bonds is 9. The van der Waals surface area contributed by atoms with Gasteiger partial charge in [0.15, 0.2) is 22.7 Å². The standard InChI is InChI=1S/C25H34FN7O9/c1-13-14(40-23(37)39-13)10-32(6)8-7-27-21(35)38-11-25(5)15(34)9-16(41-25)33-12-28-17-18(29-20(26)31-19(17)33)30-22(36)42-24(2,3)4/h12,15-16,34H,7-11H2,1-6H3,(H,27,35)(H,29,30,31,36)/t15-,16+,25+/m0/s1.